The first-order valence-corrected chi connectivity index (χ1v) is 8.45. The number of pyridine rings is 1. The molecule has 3 aromatic rings. The van der Waals surface area contributed by atoms with E-state index in [-0.39, 0.29) is 18.1 Å². The molecular formula is C22H16F2N2O2. The molecule has 0 aliphatic rings. The molecule has 0 saturated carbocycles. The topological polar surface area (TPSA) is 51.2 Å². The van der Waals surface area contributed by atoms with Crippen LogP contribution in [0, 0.1) is 11.8 Å². The van der Waals surface area contributed by atoms with Gasteiger partial charge in [-0.1, -0.05) is 30.2 Å². The first-order valence-electron chi connectivity index (χ1n) is 8.45. The van der Waals surface area contributed by atoms with Gasteiger partial charge in [0.1, 0.15) is 11.4 Å². The second-order valence-corrected chi connectivity index (χ2v) is 5.79. The molecule has 4 nitrogen and oxygen atoms in total. The largest absolute Gasteiger partial charge is 0.435 e. The lowest BCUT2D eigenvalue weighted by Crippen LogP contribution is -2.14. The quantitative estimate of drug-likeness (QED) is 0.675. The predicted molar refractivity (Wildman–Crippen MR) is 102 cm³/mol. The van der Waals surface area contributed by atoms with Gasteiger partial charge in [0.15, 0.2) is 0 Å². The van der Waals surface area contributed by atoms with E-state index in [0.717, 1.165) is 5.56 Å². The van der Waals surface area contributed by atoms with Crippen molar-refractivity contribution in [1.29, 1.82) is 0 Å². The summed E-state index contributed by atoms with van der Waals surface area (Å²) in [6.07, 6.45) is 1.78. The number of carbonyl (C=O) groups excluding carboxylic acids is 1. The van der Waals surface area contributed by atoms with Crippen LogP contribution < -0.4 is 10.1 Å². The van der Waals surface area contributed by atoms with Gasteiger partial charge in [-0.3, -0.25) is 4.79 Å². The van der Waals surface area contributed by atoms with Gasteiger partial charge in [-0.25, -0.2) is 4.98 Å². The first-order chi connectivity index (χ1) is 13.6. The minimum absolute atomic E-state index is 0.0540. The maximum atomic E-state index is 12.2. The number of hydrogen-bond acceptors (Lipinski definition) is 3. The summed E-state index contributed by atoms with van der Waals surface area (Å²) in [7, 11) is 0. The van der Waals surface area contributed by atoms with Gasteiger partial charge in [0.05, 0.1) is 6.42 Å². The molecule has 0 atom stereocenters. The Labute approximate surface area is 161 Å². The maximum absolute atomic E-state index is 12.2. The lowest BCUT2D eigenvalue weighted by atomic mass is 10.1. The Bertz CT molecular complexity index is 994. The number of carbonyl (C=O) groups is 1. The number of benzene rings is 2. The van der Waals surface area contributed by atoms with Crippen LogP contribution in [0.1, 0.15) is 16.8 Å². The van der Waals surface area contributed by atoms with Crippen LogP contribution in [0.4, 0.5) is 14.5 Å². The highest BCUT2D eigenvalue weighted by Crippen LogP contribution is 2.16. The number of nitrogens with one attached hydrogen (secondary N) is 1. The number of ether oxygens (including phenoxy) is 1. The van der Waals surface area contributed by atoms with Crippen LogP contribution in [0.15, 0.2) is 72.9 Å². The molecule has 0 aliphatic heterocycles. The van der Waals surface area contributed by atoms with Gasteiger partial charge in [0, 0.05) is 17.4 Å². The highest BCUT2D eigenvalue weighted by Gasteiger charge is 2.07. The molecule has 0 spiro atoms. The summed E-state index contributed by atoms with van der Waals surface area (Å²) in [5.41, 5.74) is 2.72. The summed E-state index contributed by atoms with van der Waals surface area (Å²) < 4.78 is 28.6. The average Bonchev–Trinajstić information content (AvgIpc) is 2.68. The Morgan fingerprint density at radius 2 is 1.86 bits per heavy atom. The minimum Gasteiger partial charge on any atom is -0.435 e. The minimum atomic E-state index is -2.87. The molecule has 0 saturated heterocycles. The fourth-order valence-corrected chi connectivity index (χ4v) is 2.43. The van der Waals surface area contributed by atoms with Gasteiger partial charge in [0.2, 0.25) is 5.91 Å². The molecule has 1 heterocycles. The third-order valence-electron chi connectivity index (χ3n) is 3.66. The van der Waals surface area contributed by atoms with Gasteiger partial charge < -0.3 is 10.1 Å². The summed E-state index contributed by atoms with van der Waals surface area (Å²) in [6, 6.07) is 18.6. The Morgan fingerprint density at radius 3 is 2.57 bits per heavy atom. The number of nitrogens with zero attached hydrogens (tertiary/aromatic N) is 1. The van der Waals surface area contributed by atoms with E-state index in [1.165, 1.54) is 12.1 Å². The molecule has 1 aromatic heterocycles. The number of aromatic nitrogens is 1. The van der Waals surface area contributed by atoms with Crippen molar-refractivity contribution in [1.82, 2.24) is 4.98 Å². The fourth-order valence-electron chi connectivity index (χ4n) is 2.43. The van der Waals surface area contributed by atoms with Crippen LogP contribution in [-0.2, 0) is 11.2 Å². The number of hydrogen-bond donors (Lipinski definition) is 1. The van der Waals surface area contributed by atoms with E-state index in [2.05, 4.69) is 26.9 Å². The van der Waals surface area contributed by atoms with Crippen molar-refractivity contribution in [2.24, 2.45) is 0 Å². The molecule has 0 aliphatic carbocycles. The number of amides is 1. The number of halogens is 2. The zero-order valence-corrected chi connectivity index (χ0v) is 14.7. The fraction of sp³-hybridized carbons (Fsp3) is 0.0909. The molecule has 6 heteroatoms. The SMILES string of the molecule is O=C(Cc1ccc(OC(F)F)cc1)Nc1cccc(C#Cc2ccccn2)c1. The third-order valence-corrected chi connectivity index (χ3v) is 3.66. The molecule has 28 heavy (non-hydrogen) atoms. The van der Waals surface area contributed by atoms with Crippen LogP contribution in [0.25, 0.3) is 0 Å². The monoisotopic (exact) mass is 378 g/mol. The van der Waals surface area contributed by atoms with Gasteiger partial charge in [-0.15, -0.1) is 0 Å². The Balaban J connectivity index is 1.61. The van der Waals surface area contributed by atoms with Gasteiger partial charge in [0.25, 0.3) is 0 Å². The smallest absolute Gasteiger partial charge is 0.387 e. The molecule has 0 fully saturated rings. The normalized spacial score (nSPS) is 10.1. The van der Waals surface area contributed by atoms with Crippen molar-refractivity contribution in [3.63, 3.8) is 0 Å². The van der Waals surface area contributed by atoms with E-state index in [0.29, 0.717) is 16.9 Å². The van der Waals surface area contributed by atoms with E-state index in [1.54, 1.807) is 36.5 Å². The third kappa shape index (κ3) is 5.92. The van der Waals surface area contributed by atoms with Crippen LogP contribution in [0.3, 0.4) is 0 Å². The lowest BCUT2D eigenvalue weighted by Gasteiger charge is -2.07. The van der Waals surface area contributed by atoms with Crippen LogP contribution in [0.2, 0.25) is 0 Å². The van der Waals surface area contributed by atoms with Crippen molar-refractivity contribution < 1.29 is 18.3 Å². The number of anilines is 1. The van der Waals surface area contributed by atoms with Crippen molar-refractivity contribution in [3.05, 3.63) is 89.7 Å². The summed E-state index contributed by atoms with van der Waals surface area (Å²) in [6.45, 7) is -2.87. The Morgan fingerprint density at radius 1 is 1.04 bits per heavy atom. The first kappa shape index (κ1) is 19.1. The van der Waals surface area contributed by atoms with Crippen LogP contribution >= 0.6 is 0 Å². The molecule has 1 N–H and O–H groups in total. The van der Waals surface area contributed by atoms with Crippen LogP contribution in [0.5, 0.6) is 5.75 Å². The van der Waals surface area contributed by atoms with Gasteiger partial charge in [-0.2, -0.15) is 8.78 Å². The van der Waals surface area contributed by atoms with E-state index < -0.39 is 6.61 Å². The average molecular weight is 378 g/mol. The zero-order chi connectivity index (χ0) is 19.8. The van der Waals surface area contributed by atoms with E-state index in [1.807, 2.05) is 24.3 Å². The molecule has 1 amide bonds. The second kappa shape index (κ2) is 9.28. The summed E-state index contributed by atoms with van der Waals surface area (Å²) in [5.74, 6) is 5.80. The lowest BCUT2D eigenvalue weighted by molar-refractivity contribution is -0.115. The standard InChI is InChI=1S/C22H16F2N2O2/c23-22(24)28-20-11-8-17(9-12-20)15-21(27)26-19-6-3-4-16(14-19)7-10-18-5-1-2-13-25-18/h1-6,8-9,11-14,22H,15H2,(H,26,27). The summed E-state index contributed by atoms with van der Waals surface area (Å²) in [4.78, 5) is 16.4. The van der Waals surface area contributed by atoms with Crippen molar-refractivity contribution in [2.45, 2.75) is 13.0 Å². The zero-order valence-electron chi connectivity index (χ0n) is 14.7. The number of alkyl halides is 2. The molecular weight excluding hydrogens is 362 g/mol. The predicted octanol–water partition coefficient (Wildman–Crippen LogP) is 4.26. The molecule has 140 valence electrons. The highest BCUT2D eigenvalue weighted by atomic mass is 19.3. The van der Waals surface area contributed by atoms with Gasteiger partial charge >= 0.3 is 6.61 Å². The highest BCUT2D eigenvalue weighted by molar-refractivity contribution is 5.92. The Kier molecular flexibility index (Phi) is 6.32. The molecule has 2 aromatic carbocycles. The molecule has 3 rings (SSSR count). The van der Waals surface area contributed by atoms with E-state index in [9.17, 15) is 13.6 Å². The van der Waals surface area contributed by atoms with Crippen molar-refractivity contribution in [3.8, 4) is 17.6 Å². The summed E-state index contributed by atoms with van der Waals surface area (Å²) >= 11 is 0. The van der Waals surface area contributed by atoms with E-state index in [4.69, 9.17) is 0 Å². The number of rotatable bonds is 5. The van der Waals surface area contributed by atoms with Crippen molar-refractivity contribution in [2.75, 3.05) is 5.32 Å². The molecule has 0 radical (unpaired) electrons. The second-order valence-electron chi connectivity index (χ2n) is 5.79. The molecule has 0 unspecified atom stereocenters. The van der Waals surface area contributed by atoms with Crippen molar-refractivity contribution >= 4 is 11.6 Å². The summed E-state index contributed by atoms with van der Waals surface area (Å²) in [5, 5.41) is 2.80. The maximum Gasteiger partial charge on any atom is 0.387 e. The molecule has 0 bridgehead atoms. The Hall–Kier alpha value is -3.72. The van der Waals surface area contributed by atoms with Gasteiger partial charge in [-0.05, 0) is 53.9 Å². The van der Waals surface area contributed by atoms with E-state index >= 15 is 0 Å². The van der Waals surface area contributed by atoms with Crippen LogP contribution in [-0.4, -0.2) is 17.5 Å².